The van der Waals surface area contributed by atoms with E-state index in [9.17, 15) is 19.1 Å². The number of nitrogens with one attached hydrogen (secondary N) is 1. The molecule has 0 aromatic heterocycles. The average molecular weight is 310 g/mol. The van der Waals surface area contributed by atoms with Crippen LogP contribution in [0.4, 0.5) is 10.1 Å². The summed E-state index contributed by atoms with van der Waals surface area (Å²) in [5, 5.41) is 11.9. The highest BCUT2D eigenvalue weighted by molar-refractivity contribution is 6.31. The van der Waals surface area contributed by atoms with Gasteiger partial charge in [-0.3, -0.25) is 9.59 Å². The Labute approximate surface area is 125 Å². The van der Waals surface area contributed by atoms with Gasteiger partial charge in [0.25, 0.3) is 0 Å². The van der Waals surface area contributed by atoms with Crippen LogP contribution in [0.5, 0.6) is 0 Å². The van der Waals surface area contributed by atoms with Gasteiger partial charge in [0.15, 0.2) is 0 Å². The van der Waals surface area contributed by atoms with Crippen LogP contribution in [-0.4, -0.2) is 17.0 Å². The molecule has 0 saturated heterocycles. The molecule has 0 radical (unpaired) electrons. The second-order valence-electron chi connectivity index (χ2n) is 5.46. The third kappa shape index (κ3) is 2.42. The first-order valence-electron chi connectivity index (χ1n) is 6.64. The number of amides is 1. The van der Waals surface area contributed by atoms with E-state index in [1.807, 2.05) is 12.2 Å². The SMILES string of the molecule is O=C(O)[C@@H]1[C@H](C(=O)Nc2ccc(F)c(Cl)c2)[C@H]2C=C[C@H]1C2. The largest absolute Gasteiger partial charge is 0.481 e. The zero-order chi connectivity index (χ0) is 15.1. The molecule has 1 saturated carbocycles. The molecule has 1 fully saturated rings. The van der Waals surface area contributed by atoms with Gasteiger partial charge in [-0.2, -0.15) is 0 Å². The molecule has 0 aliphatic heterocycles. The normalized spacial score (nSPS) is 29.6. The summed E-state index contributed by atoms with van der Waals surface area (Å²) in [4.78, 5) is 23.7. The molecule has 0 spiro atoms. The number of fused-ring (bicyclic) bond motifs is 2. The zero-order valence-electron chi connectivity index (χ0n) is 10.9. The van der Waals surface area contributed by atoms with Crippen molar-refractivity contribution in [2.45, 2.75) is 6.42 Å². The van der Waals surface area contributed by atoms with Gasteiger partial charge < -0.3 is 10.4 Å². The Balaban J connectivity index is 1.80. The second-order valence-corrected chi connectivity index (χ2v) is 5.86. The van der Waals surface area contributed by atoms with Crippen LogP contribution in [0, 0.1) is 29.5 Å². The molecule has 21 heavy (non-hydrogen) atoms. The lowest BCUT2D eigenvalue weighted by molar-refractivity contribution is -0.146. The second kappa shape index (κ2) is 5.15. The molecule has 110 valence electrons. The fourth-order valence-corrected chi connectivity index (χ4v) is 3.50. The molecule has 4 atom stereocenters. The van der Waals surface area contributed by atoms with Gasteiger partial charge >= 0.3 is 5.97 Å². The minimum Gasteiger partial charge on any atom is -0.481 e. The Bertz CT molecular complexity index is 646. The van der Waals surface area contributed by atoms with E-state index in [2.05, 4.69) is 5.32 Å². The van der Waals surface area contributed by atoms with Crippen LogP contribution >= 0.6 is 11.6 Å². The monoisotopic (exact) mass is 309 g/mol. The van der Waals surface area contributed by atoms with Crippen molar-refractivity contribution < 1.29 is 19.1 Å². The van der Waals surface area contributed by atoms with Gasteiger partial charge in [-0.15, -0.1) is 0 Å². The highest BCUT2D eigenvalue weighted by atomic mass is 35.5. The lowest BCUT2D eigenvalue weighted by atomic mass is 9.82. The number of halogens is 2. The minimum atomic E-state index is -0.955. The summed E-state index contributed by atoms with van der Waals surface area (Å²) >= 11 is 5.67. The molecule has 2 N–H and O–H groups in total. The molecule has 2 bridgehead atoms. The molecular weight excluding hydrogens is 297 g/mol. The quantitative estimate of drug-likeness (QED) is 0.844. The fraction of sp³-hybridized carbons (Fsp3) is 0.333. The van der Waals surface area contributed by atoms with Crippen molar-refractivity contribution in [3.8, 4) is 0 Å². The van der Waals surface area contributed by atoms with Crippen LogP contribution in [0.15, 0.2) is 30.4 Å². The number of benzene rings is 1. The smallest absolute Gasteiger partial charge is 0.307 e. The number of aliphatic carboxylic acids is 1. The van der Waals surface area contributed by atoms with Gasteiger partial charge in [0, 0.05) is 5.69 Å². The van der Waals surface area contributed by atoms with Gasteiger partial charge in [0.2, 0.25) is 5.91 Å². The Morgan fingerprint density at radius 2 is 1.90 bits per heavy atom. The molecule has 1 aromatic carbocycles. The predicted octanol–water partition coefficient (Wildman–Crippen LogP) is 2.94. The third-order valence-corrected chi connectivity index (χ3v) is 4.52. The third-order valence-electron chi connectivity index (χ3n) is 4.23. The maximum Gasteiger partial charge on any atom is 0.307 e. The Kier molecular flexibility index (Phi) is 3.45. The standard InChI is InChI=1S/C15H13ClFNO3/c16-10-6-9(3-4-11(10)17)18-14(19)12-7-1-2-8(5-7)13(12)15(20)21/h1-4,6-8,12-13H,5H2,(H,18,19)(H,20,21)/t7-,8-,12+,13-/m0/s1. The van der Waals surface area contributed by atoms with Gasteiger partial charge in [-0.05, 0) is 36.5 Å². The van der Waals surface area contributed by atoms with Crippen LogP contribution in [0.25, 0.3) is 0 Å². The Morgan fingerprint density at radius 3 is 2.52 bits per heavy atom. The van der Waals surface area contributed by atoms with Crippen LogP contribution < -0.4 is 5.32 Å². The van der Waals surface area contributed by atoms with Crippen molar-refractivity contribution in [1.29, 1.82) is 0 Å². The number of allylic oxidation sites excluding steroid dienone is 2. The van der Waals surface area contributed by atoms with Gasteiger partial charge in [0.1, 0.15) is 5.82 Å². The Hall–Kier alpha value is -1.88. The number of carboxylic acid groups (broad SMARTS) is 1. The maximum atomic E-state index is 13.1. The lowest BCUT2D eigenvalue weighted by Crippen LogP contribution is -2.36. The fourth-order valence-electron chi connectivity index (χ4n) is 3.32. The van der Waals surface area contributed by atoms with E-state index in [0.29, 0.717) is 12.1 Å². The van der Waals surface area contributed by atoms with E-state index in [0.717, 1.165) is 6.07 Å². The Morgan fingerprint density at radius 1 is 1.24 bits per heavy atom. The average Bonchev–Trinajstić information content (AvgIpc) is 3.03. The highest BCUT2D eigenvalue weighted by Crippen LogP contribution is 2.48. The van der Waals surface area contributed by atoms with Crippen LogP contribution in [0.1, 0.15) is 6.42 Å². The number of hydrogen-bond acceptors (Lipinski definition) is 2. The number of carbonyl (C=O) groups excluding carboxylic acids is 1. The van der Waals surface area contributed by atoms with E-state index in [1.54, 1.807) is 0 Å². The van der Waals surface area contributed by atoms with Gasteiger partial charge in [0.05, 0.1) is 16.9 Å². The van der Waals surface area contributed by atoms with E-state index < -0.39 is 23.6 Å². The van der Waals surface area contributed by atoms with Crippen molar-refractivity contribution in [3.63, 3.8) is 0 Å². The number of anilines is 1. The molecule has 0 unspecified atom stereocenters. The highest BCUT2D eigenvalue weighted by Gasteiger charge is 2.51. The first-order chi connectivity index (χ1) is 9.97. The molecular formula is C15H13ClFNO3. The van der Waals surface area contributed by atoms with Crippen LogP contribution in [-0.2, 0) is 9.59 Å². The lowest BCUT2D eigenvalue weighted by Gasteiger charge is -2.23. The molecule has 0 heterocycles. The molecule has 2 aliphatic carbocycles. The summed E-state index contributed by atoms with van der Waals surface area (Å²) in [6.07, 6.45) is 4.48. The first-order valence-corrected chi connectivity index (χ1v) is 7.02. The zero-order valence-corrected chi connectivity index (χ0v) is 11.7. The van der Waals surface area contributed by atoms with Crippen molar-refractivity contribution >= 4 is 29.2 Å². The molecule has 2 aliphatic rings. The number of carboxylic acids is 1. The summed E-state index contributed by atoms with van der Waals surface area (Å²) in [6.45, 7) is 0. The molecule has 3 rings (SSSR count). The molecule has 1 aromatic rings. The summed E-state index contributed by atoms with van der Waals surface area (Å²) in [5.74, 6) is -3.31. The van der Waals surface area contributed by atoms with E-state index in [4.69, 9.17) is 11.6 Å². The van der Waals surface area contributed by atoms with Crippen molar-refractivity contribution in [2.24, 2.45) is 23.7 Å². The first kappa shape index (κ1) is 14.1. The molecule has 1 amide bonds. The van der Waals surface area contributed by atoms with Crippen molar-refractivity contribution in [2.75, 3.05) is 5.32 Å². The predicted molar refractivity (Wildman–Crippen MR) is 75.4 cm³/mol. The van der Waals surface area contributed by atoms with Crippen LogP contribution in [0.2, 0.25) is 5.02 Å². The topological polar surface area (TPSA) is 66.4 Å². The maximum absolute atomic E-state index is 13.1. The number of carbonyl (C=O) groups is 2. The molecule has 4 nitrogen and oxygen atoms in total. The minimum absolute atomic E-state index is 0.0491. The van der Waals surface area contributed by atoms with Gasteiger partial charge in [-0.1, -0.05) is 23.8 Å². The van der Waals surface area contributed by atoms with Crippen molar-refractivity contribution in [1.82, 2.24) is 0 Å². The summed E-state index contributed by atoms with van der Waals surface area (Å²) in [7, 11) is 0. The van der Waals surface area contributed by atoms with Crippen molar-refractivity contribution in [3.05, 3.63) is 41.2 Å². The van der Waals surface area contributed by atoms with E-state index in [1.165, 1.54) is 12.1 Å². The van der Waals surface area contributed by atoms with Gasteiger partial charge in [-0.25, -0.2) is 4.39 Å². The number of rotatable bonds is 3. The summed E-state index contributed by atoms with van der Waals surface area (Å²) < 4.78 is 13.1. The van der Waals surface area contributed by atoms with E-state index >= 15 is 0 Å². The summed E-state index contributed by atoms with van der Waals surface area (Å²) in [5.41, 5.74) is 0.363. The van der Waals surface area contributed by atoms with Crippen LogP contribution in [0.3, 0.4) is 0 Å². The summed E-state index contributed by atoms with van der Waals surface area (Å²) in [6, 6.07) is 3.87. The van der Waals surface area contributed by atoms with E-state index in [-0.39, 0.29) is 22.8 Å². The number of hydrogen-bond donors (Lipinski definition) is 2. The molecule has 6 heteroatoms.